The van der Waals surface area contributed by atoms with Crippen LogP contribution in [-0.2, 0) is 6.54 Å². The third-order valence-electron chi connectivity index (χ3n) is 5.31. The quantitative estimate of drug-likeness (QED) is 0.672. The van der Waals surface area contributed by atoms with Crippen molar-refractivity contribution in [1.82, 2.24) is 14.5 Å². The van der Waals surface area contributed by atoms with Crippen LogP contribution in [0, 0.1) is 10.6 Å². The number of H-pyrrole nitrogens is 1. The van der Waals surface area contributed by atoms with E-state index in [2.05, 4.69) is 4.98 Å². The van der Waals surface area contributed by atoms with Gasteiger partial charge < -0.3 is 14.8 Å². The van der Waals surface area contributed by atoms with Crippen LogP contribution in [0.25, 0.3) is 10.9 Å². The third kappa shape index (κ3) is 3.55. The lowest BCUT2D eigenvalue weighted by Gasteiger charge is -2.36. The molecule has 3 aromatic rings. The second-order valence-electron chi connectivity index (χ2n) is 6.97. The van der Waals surface area contributed by atoms with Crippen molar-refractivity contribution in [1.29, 1.82) is 0 Å². The Kier molecular flexibility index (Phi) is 5.19. The molecule has 29 heavy (non-hydrogen) atoms. The summed E-state index contributed by atoms with van der Waals surface area (Å²) in [6.07, 6.45) is 0. The van der Waals surface area contributed by atoms with Crippen LogP contribution < -0.4 is 10.5 Å². The Hall–Kier alpha value is -3.00. The van der Waals surface area contributed by atoms with Crippen molar-refractivity contribution in [2.75, 3.05) is 31.1 Å². The van der Waals surface area contributed by atoms with E-state index in [1.165, 1.54) is 10.6 Å². The second kappa shape index (κ2) is 7.79. The zero-order valence-corrected chi connectivity index (χ0v) is 16.8. The first-order valence-electron chi connectivity index (χ1n) is 9.55. The molecule has 4 rings (SSSR count). The number of fused-ring (bicyclic) bond motifs is 1. The lowest BCUT2D eigenvalue weighted by molar-refractivity contribution is 0.0747. The molecule has 1 amide bonds. The lowest BCUT2D eigenvalue weighted by atomic mass is 10.1. The minimum atomic E-state index is -0.255. The van der Waals surface area contributed by atoms with Crippen molar-refractivity contribution in [3.8, 4) is 0 Å². The molecule has 0 radical (unpaired) electrons. The van der Waals surface area contributed by atoms with Crippen LogP contribution in [0.2, 0.25) is 0 Å². The van der Waals surface area contributed by atoms with E-state index >= 15 is 0 Å². The average molecular weight is 412 g/mol. The normalized spacial score (nSPS) is 14.4. The van der Waals surface area contributed by atoms with Crippen LogP contribution in [0.1, 0.15) is 17.3 Å². The van der Waals surface area contributed by atoms with E-state index in [1.54, 1.807) is 41.3 Å². The molecule has 6 nitrogen and oxygen atoms in total. The Morgan fingerprint density at radius 1 is 1.14 bits per heavy atom. The highest BCUT2D eigenvalue weighted by Crippen LogP contribution is 2.21. The van der Waals surface area contributed by atoms with Gasteiger partial charge in [-0.15, -0.1) is 0 Å². The minimum Gasteiger partial charge on any atom is -0.366 e. The maximum atomic E-state index is 14.0. The van der Waals surface area contributed by atoms with Gasteiger partial charge in [0.1, 0.15) is 5.82 Å². The molecule has 0 atom stereocenters. The summed E-state index contributed by atoms with van der Waals surface area (Å²) in [4.78, 5) is 32.2. The highest BCUT2D eigenvalue weighted by Gasteiger charge is 2.24. The van der Waals surface area contributed by atoms with Gasteiger partial charge in [0.2, 0.25) is 0 Å². The van der Waals surface area contributed by atoms with Gasteiger partial charge >= 0.3 is 0 Å². The number of piperazine rings is 1. The fraction of sp³-hybridized carbons (Fsp3) is 0.286. The zero-order valence-electron chi connectivity index (χ0n) is 16.0. The SMILES string of the molecule is CCn1c(=S)[nH]c2cc(C(=O)N3CCN(c4ccccc4F)CC3)ccc2c1=O. The van der Waals surface area contributed by atoms with Gasteiger partial charge in [0.25, 0.3) is 11.5 Å². The fourth-order valence-corrected chi connectivity index (χ4v) is 4.04. The summed E-state index contributed by atoms with van der Waals surface area (Å²) >= 11 is 5.25. The number of aromatic nitrogens is 2. The first kappa shape index (κ1) is 19.3. The summed E-state index contributed by atoms with van der Waals surface area (Å²) in [6, 6.07) is 11.7. The Labute approximate surface area is 172 Å². The molecule has 0 bridgehead atoms. The number of anilines is 1. The first-order chi connectivity index (χ1) is 14.0. The topological polar surface area (TPSA) is 61.3 Å². The number of para-hydroxylation sites is 1. The van der Waals surface area contributed by atoms with Gasteiger partial charge in [0.15, 0.2) is 4.77 Å². The third-order valence-corrected chi connectivity index (χ3v) is 5.63. The van der Waals surface area contributed by atoms with E-state index in [-0.39, 0.29) is 17.3 Å². The maximum absolute atomic E-state index is 14.0. The van der Waals surface area contributed by atoms with E-state index in [1.807, 2.05) is 11.8 Å². The first-order valence-corrected chi connectivity index (χ1v) is 9.96. The molecule has 2 heterocycles. The van der Waals surface area contributed by atoms with Crippen molar-refractivity contribution < 1.29 is 9.18 Å². The number of halogens is 1. The van der Waals surface area contributed by atoms with Crippen LogP contribution in [0.5, 0.6) is 0 Å². The molecule has 1 aromatic heterocycles. The fourth-order valence-electron chi connectivity index (χ4n) is 3.72. The summed E-state index contributed by atoms with van der Waals surface area (Å²) in [6.45, 7) is 4.46. The summed E-state index contributed by atoms with van der Waals surface area (Å²) in [7, 11) is 0. The molecule has 1 N–H and O–H groups in total. The number of aromatic amines is 1. The molecule has 1 aliphatic rings. The summed E-state index contributed by atoms with van der Waals surface area (Å²) < 4.78 is 15.8. The zero-order chi connectivity index (χ0) is 20.5. The Bertz CT molecular complexity index is 1200. The van der Waals surface area contributed by atoms with E-state index < -0.39 is 0 Å². The minimum absolute atomic E-state index is 0.112. The van der Waals surface area contributed by atoms with Gasteiger partial charge in [-0.05, 0) is 49.5 Å². The van der Waals surface area contributed by atoms with E-state index in [0.717, 1.165) is 0 Å². The van der Waals surface area contributed by atoms with E-state index in [0.29, 0.717) is 59.6 Å². The average Bonchev–Trinajstić information content (AvgIpc) is 2.73. The number of rotatable bonds is 3. The molecule has 1 fully saturated rings. The molecule has 8 heteroatoms. The van der Waals surface area contributed by atoms with Crippen LogP contribution in [-0.4, -0.2) is 46.5 Å². The molecule has 0 unspecified atom stereocenters. The van der Waals surface area contributed by atoms with Crippen molar-refractivity contribution in [2.24, 2.45) is 0 Å². The number of nitrogens with one attached hydrogen (secondary N) is 1. The highest BCUT2D eigenvalue weighted by molar-refractivity contribution is 7.71. The van der Waals surface area contributed by atoms with Crippen molar-refractivity contribution in [2.45, 2.75) is 13.5 Å². The van der Waals surface area contributed by atoms with E-state index in [9.17, 15) is 14.0 Å². The van der Waals surface area contributed by atoms with Crippen LogP contribution >= 0.6 is 12.2 Å². The highest BCUT2D eigenvalue weighted by atomic mass is 32.1. The molecular weight excluding hydrogens is 391 g/mol. The second-order valence-corrected chi connectivity index (χ2v) is 7.36. The number of amides is 1. The molecule has 2 aromatic carbocycles. The Balaban J connectivity index is 1.55. The molecule has 0 saturated carbocycles. The molecule has 150 valence electrons. The van der Waals surface area contributed by atoms with Gasteiger partial charge in [-0.3, -0.25) is 14.2 Å². The van der Waals surface area contributed by atoms with Crippen LogP contribution in [0.15, 0.2) is 47.3 Å². The number of hydrogen-bond donors (Lipinski definition) is 1. The Morgan fingerprint density at radius 3 is 2.55 bits per heavy atom. The smallest absolute Gasteiger partial charge is 0.262 e. The number of nitrogens with zero attached hydrogens (tertiary/aromatic N) is 3. The summed E-state index contributed by atoms with van der Waals surface area (Å²) in [5.74, 6) is -0.367. The molecule has 0 aliphatic carbocycles. The van der Waals surface area contributed by atoms with Gasteiger partial charge in [0, 0.05) is 38.3 Å². The largest absolute Gasteiger partial charge is 0.366 e. The van der Waals surface area contributed by atoms with Crippen molar-refractivity contribution in [3.63, 3.8) is 0 Å². The number of hydrogen-bond acceptors (Lipinski definition) is 4. The van der Waals surface area contributed by atoms with Gasteiger partial charge in [-0.25, -0.2) is 4.39 Å². The van der Waals surface area contributed by atoms with Gasteiger partial charge in [-0.2, -0.15) is 0 Å². The molecule has 1 aliphatic heterocycles. The number of benzene rings is 2. The predicted molar refractivity (Wildman–Crippen MR) is 114 cm³/mol. The van der Waals surface area contributed by atoms with Gasteiger partial charge in [0.05, 0.1) is 16.6 Å². The number of carbonyl (C=O) groups is 1. The number of carbonyl (C=O) groups excluding carboxylic acids is 1. The predicted octanol–water partition coefficient (Wildman–Crippen LogP) is 3.18. The van der Waals surface area contributed by atoms with Crippen LogP contribution in [0.4, 0.5) is 10.1 Å². The van der Waals surface area contributed by atoms with Crippen molar-refractivity contribution in [3.05, 3.63) is 69.0 Å². The molecule has 1 saturated heterocycles. The lowest BCUT2D eigenvalue weighted by Crippen LogP contribution is -2.49. The summed E-state index contributed by atoms with van der Waals surface area (Å²) in [5, 5.41) is 0.501. The Morgan fingerprint density at radius 2 is 1.86 bits per heavy atom. The van der Waals surface area contributed by atoms with Crippen LogP contribution in [0.3, 0.4) is 0 Å². The molecule has 0 spiro atoms. The monoisotopic (exact) mass is 412 g/mol. The standard InChI is InChI=1S/C21H21FN4O2S/c1-2-26-20(28)15-8-7-14(13-17(15)23-21(26)29)19(27)25-11-9-24(10-12-25)18-6-4-3-5-16(18)22/h3-8,13H,2,9-12H2,1H3,(H,23,29). The maximum Gasteiger partial charge on any atom is 0.262 e. The van der Waals surface area contributed by atoms with E-state index in [4.69, 9.17) is 12.2 Å². The summed E-state index contributed by atoms with van der Waals surface area (Å²) in [5.41, 5.74) is 1.45. The molecular formula is C21H21FN4O2S. The van der Waals surface area contributed by atoms with Gasteiger partial charge in [-0.1, -0.05) is 12.1 Å². The van der Waals surface area contributed by atoms with Crippen molar-refractivity contribution >= 4 is 34.7 Å².